The Kier molecular flexibility index (Phi) is 6.20. The molecule has 2 rings (SSSR count). The molecule has 0 aliphatic heterocycles. The second-order valence-electron chi connectivity index (χ2n) is 5.60. The van der Waals surface area contributed by atoms with Gasteiger partial charge < -0.3 is 15.5 Å². The molecule has 24 heavy (non-hydrogen) atoms. The predicted octanol–water partition coefficient (Wildman–Crippen LogP) is 2.98. The number of halogens is 2. The van der Waals surface area contributed by atoms with Gasteiger partial charge in [-0.1, -0.05) is 0 Å². The molecule has 2 aromatic rings. The third kappa shape index (κ3) is 5.27. The summed E-state index contributed by atoms with van der Waals surface area (Å²) in [6, 6.07) is 6.42. The molecule has 0 unspecified atom stereocenters. The smallest absolute Gasteiger partial charge is 0.256 e. The van der Waals surface area contributed by atoms with E-state index in [4.69, 9.17) is 0 Å². The van der Waals surface area contributed by atoms with Gasteiger partial charge in [0.05, 0.1) is 11.9 Å². The van der Waals surface area contributed by atoms with Crippen LogP contribution in [0.15, 0.2) is 36.5 Å². The van der Waals surface area contributed by atoms with Gasteiger partial charge in [0.2, 0.25) is 0 Å². The van der Waals surface area contributed by atoms with Gasteiger partial charge in [-0.3, -0.25) is 4.79 Å². The molecule has 7 heteroatoms. The molecule has 1 heterocycles. The van der Waals surface area contributed by atoms with Gasteiger partial charge in [0, 0.05) is 12.1 Å². The van der Waals surface area contributed by atoms with E-state index in [0.29, 0.717) is 5.82 Å². The van der Waals surface area contributed by atoms with Crippen LogP contribution in [0.4, 0.5) is 20.3 Å². The molecule has 1 aromatic carbocycles. The number of nitrogens with one attached hydrogen (secondary N) is 2. The van der Waals surface area contributed by atoms with Gasteiger partial charge >= 0.3 is 0 Å². The third-order valence-corrected chi connectivity index (χ3v) is 3.30. The largest absolute Gasteiger partial charge is 0.384 e. The standard InChI is InChI=1S/C17H20F2N4O/c1-23(2)9-3-8-20-13-5-7-16(21-11-13)22-17(24)12-4-6-14(18)15(19)10-12/h4-7,10-11,20H,3,8-9H2,1-2H3,(H,21,22,24). The van der Waals surface area contributed by atoms with E-state index in [1.165, 1.54) is 6.07 Å². The highest BCUT2D eigenvalue weighted by molar-refractivity contribution is 6.03. The SMILES string of the molecule is CN(C)CCCNc1ccc(NC(=O)c2ccc(F)c(F)c2)nc1. The lowest BCUT2D eigenvalue weighted by molar-refractivity contribution is 0.102. The minimum Gasteiger partial charge on any atom is -0.384 e. The summed E-state index contributed by atoms with van der Waals surface area (Å²) in [6.07, 6.45) is 2.61. The van der Waals surface area contributed by atoms with Crippen LogP contribution >= 0.6 is 0 Å². The Labute approximate surface area is 139 Å². The monoisotopic (exact) mass is 334 g/mol. The molecule has 0 aliphatic rings. The zero-order chi connectivity index (χ0) is 17.5. The Morgan fingerprint density at radius 2 is 1.96 bits per heavy atom. The summed E-state index contributed by atoms with van der Waals surface area (Å²) in [4.78, 5) is 18.2. The molecule has 0 spiro atoms. The first kappa shape index (κ1) is 17.8. The van der Waals surface area contributed by atoms with Crippen molar-refractivity contribution in [1.82, 2.24) is 9.88 Å². The summed E-state index contributed by atoms with van der Waals surface area (Å²) in [5.74, 6) is -2.26. The highest BCUT2D eigenvalue weighted by Gasteiger charge is 2.10. The summed E-state index contributed by atoms with van der Waals surface area (Å²) < 4.78 is 26.0. The number of amides is 1. The highest BCUT2D eigenvalue weighted by Crippen LogP contribution is 2.13. The van der Waals surface area contributed by atoms with Crippen molar-refractivity contribution in [3.63, 3.8) is 0 Å². The molecule has 1 aromatic heterocycles. The Balaban J connectivity index is 1.88. The van der Waals surface area contributed by atoms with E-state index in [1.807, 2.05) is 14.1 Å². The van der Waals surface area contributed by atoms with Gasteiger partial charge in [0.1, 0.15) is 5.82 Å². The predicted molar refractivity (Wildman–Crippen MR) is 90.2 cm³/mol. The van der Waals surface area contributed by atoms with E-state index in [0.717, 1.165) is 37.3 Å². The molecule has 0 fully saturated rings. The summed E-state index contributed by atoms with van der Waals surface area (Å²) in [7, 11) is 4.04. The fourth-order valence-corrected chi connectivity index (χ4v) is 2.03. The van der Waals surface area contributed by atoms with Crippen LogP contribution in [0.2, 0.25) is 0 Å². The number of nitrogens with zero attached hydrogens (tertiary/aromatic N) is 2. The Bertz CT molecular complexity index is 689. The molecular formula is C17H20F2N4O. The van der Waals surface area contributed by atoms with Crippen LogP contribution in [0.1, 0.15) is 16.8 Å². The Morgan fingerprint density at radius 1 is 1.17 bits per heavy atom. The van der Waals surface area contributed by atoms with Crippen molar-refractivity contribution in [2.75, 3.05) is 37.8 Å². The van der Waals surface area contributed by atoms with Crippen molar-refractivity contribution in [3.8, 4) is 0 Å². The summed E-state index contributed by atoms with van der Waals surface area (Å²) >= 11 is 0. The number of hydrogen-bond donors (Lipinski definition) is 2. The van der Waals surface area contributed by atoms with E-state index in [2.05, 4.69) is 20.5 Å². The summed E-state index contributed by atoms with van der Waals surface area (Å²) in [6.45, 7) is 1.81. The topological polar surface area (TPSA) is 57.3 Å². The van der Waals surface area contributed by atoms with E-state index >= 15 is 0 Å². The Morgan fingerprint density at radius 3 is 2.58 bits per heavy atom. The molecule has 0 saturated carbocycles. The molecular weight excluding hydrogens is 314 g/mol. The van der Waals surface area contributed by atoms with Crippen molar-refractivity contribution in [1.29, 1.82) is 0 Å². The van der Waals surface area contributed by atoms with Crippen LogP contribution in [-0.4, -0.2) is 43.0 Å². The zero-order valence-electron chi connectivity index (χ0n) is 13.6. The number of hydrogen-bond acceptors (Lipinski definition) is 4. The number of carbonyl (C=O) groups excluding carboxylic acids is 1. The summed E-state index contributed by atoms with van der Waals surface area (Å²) in [5, 5.41) is 5.77. The van der Waals surface area contributed by atoms with Crippen LogP contribution in [0.5, 0.6) is 0 Å². The van der Waals surface area contributed by atoms with Crippen molar-refractivity contribution in [2.24, 2.45) is 0 Å². The van der Waals surface area contributed by atoms with Crippen molar-refractivity contribution < 1.29 is 13.6 Å². The number of carbonyl (C=O) groups is 1. The van der Waals surface area contributed by atoms with Gasteiger partial charge in [-0.25, -0.2) is 13.8 Å². The van der Waals surface area contributed by atoms with Crippen LogP contribution in [0, 0.1) is 11.6 Å². The second kappa shape index (κ2) is 8.35. The van der Waals surface area contributed by atoms with Crippen molar-refractivity contribution in [3.05, 3.63) is 53.7 Å². The van der Waals surface area contributed by atoms with Gasteiger partial charge in [-0.15, -0.1) is 0 Å². The molecule has 0 atom stereocenters. The fourth-order valence-electron chi connectivity index (χ4n) is 2.03. The quantitative estimate of drug-likeness (QED) is 0.765. The average Bonchev–Trinajstić information content (AvgIpc) is 2.55. The van der Waals surface area contributed by atoms with Crippen LogP contribution in [-0.2, 0) is 0 Å². The maximum absolute atomic E-state index is 13.1. The van der Waals surface area contributed by atoms with E-state index in [1.54, 1.807) is 18.3 Å². The number of benzene rings is 1. The molecule has 0 aliphatic carbocycles. The molecule has 5 nitrogen and oxygen atoms in total. The van der Waals surface area contributed by atoms with Gasteiger partial charge in [-0.2, -0.15) is 0 Å². The molecule has 0 radical (unpaired) electrons. The summed E-state index contributed by atoms with van der Waals surface area (Å²) in [5.41, 5.74) is 0.876. The minimum atomic E-state index is -1.06. The maximum Gasteiger partial charge on any atom is 0.256 e. The molecule has 128 valence electrons. The molecule has 1 amide bonds. The highest BCUT2D eigenvalue weighted by atomic mass is 19.2. The average molecular weight is 334 g/mol. The first-order valence-electron chi connectivity index (χ1n) is 7.57. The number of pyridine rings is 1. The third-order valence-electron chi connectivity index (χ3n) is 3.30. The van der Waals surface area contributed by atoms with Crippen LogP contribution < -0.4 is 10.6 Å². The molecule has 2 N–H and O–H groups in total. The maximum atomic E-state index is 13.1. The lowest BCUT2D eigenvalue weighted by Crippen LogP contribution is -2.16. The van der Waals surface area contributed by atoms with Crippen LogP contribution in [0.3, 0.4) is 0 Å². The molecule has 0 bridgehead atoms. The lowest BCUT2D eigenvalue weighted by Gasteiger charge is -2.11. The number of aromatic nitrogens is 1. The Hall–Kier alpha value is -2.54. The minimum absolute atomic E-state index is 0.0292. The normalized spacial score (nSPS) is 10.7. The van der Waals surface area contributed by atoms with Gasteiger partial charge in [-0.05, 0) is 57.4 Å². The fraction of sp³-hybridized carbons (Fsp3) is 0.294. The second-order valence-corrected chi connectivity index (χ2v) is 5.60. The van der Waals surface area contributed by atoms with Gasteiger partial charge in [0.15, 0.2) is 11.6 Å². The first-order chi connectivity index (χ1) is 11.5. The van der Waals surface area contributed by atoms with E-state index in [9.17, 15) is 13.6 Å². The molecule has 0 saturated heterocycles. The number of anilines is 2. The van der Waals surface area contributed by atoms with Crippen molar-refractivity contribution in [2.45, 2.75) is 6.42 Å². The van der Waals surface area contributed by atoms with E-state index < -0.39 is 17.5 Å². The van der Waals surface area contributed by atoms with E-state index in [-0.39, 0.29) is 5.56 Å². The van der Waals surface area contributed by atoms with Gasteiger partial charge in [0.25, 0.3) is 5.91 Å². The first-order valence-corrected chi connectivity index (χ1v) is 7.57. The van der Waals surface area contributed by atoms with Crippen molar-refractivity contribution >= 4 is 17.4 Å². The zero-order valence-corrected chi connectivity index (χ0v) is 13.6. The number of rotatable bonds is 7. The van der Waals surface area contributed by atoms with Crippen LogP contribution in [0.25, 0.3) is 0 Å². The lowest BCUT2D eigenvalue weighted by atomic mass is 10.2.